The van der Waals surface area contributed by atoms with Gasteiger partial charge in [-0.3, -0.25) is 0 Å². The van der Waals surface area contributed by atoms with Crippen molar-refractivity contribution in [2.75, 3.05) is 11.9 Å². The van der Waals surface area contributed by atoms with Crippen LogP contribution in [0.3, 0.4) is 0 Å². The number of nitrogens with zero attached hydrogens (tertiary/aromatic N) is 4. The highest BCUT2D eigenvalue weighted by atomic mass is 16.5. The number of ether oxygens (including phenoxy) is 1. The number of rotatable bonds is 5. The number of nitrogens with one attached hydrogen (secondary N) is 1. The predicted molar refractivity (Wildman–Crippen MR) is 85.8 cm³/mol. The molecule has 3 rings (SSSR count). The standard InChI is InChI=1S/C16H19N5O/c1-4-12-11(3)19-16-17-10-18-21(16)15(12)20-13-8-6-7-9-14(13)22-5-2/h6-10,20H,4-5H2,1-3H3. The highest BCUT2D eigenvalue weighted by Crippen LogP contribution is 2.30. The molecule has 0 atom stereocenters. The van der Waals surface area contributed by atoms with Gasteiger partial charge in [-0.05, 0) is 32.4 Å². The number of benzene rings is 1. The molecule has 0 radical (unpaired) electrons. The average molecular weight is 297 g/mol. The summed E-state index contributed by atoms with van der Waals surface area (Å²) in [6.45, 7) is 6.69. The number of para-hydroxylation sites is 2. The minimum absolute atomic E-state index is 0.589. The predicted octanol–water partition coefficient (Wildman–Crippen LogP) is 3.14. The summed E-state index contributed by atoms with van der Waals surface area (Å²) in [5, 5.41) is 7.72. The molecular formula is C16H19N5O. The number of anilines is 2. The van der Waals surface area contributed by atoms with Crippen LogP contribution in [0.2, 0.25) is 0 Å². The molecule has 0 amide bonds. The molecule has 0 unspecified atom stereocenters. The van der Waals surface area contributed by atoms with Crippen molar-refractivity contribution < 1.29 is 4.74 Å². The maximum absolute atomic E-state index is 5.68. The summed E-state index contributed by atoms with van der Waals surface area (Å²) in [5.74, 6) is 2.29. The zero-order chi connectivity index (χ0) is 15.5. The van der Waals surface area contributed by atoms with E-state index in [0.717, 1.165) is 34.9 Å². The van der Waals surface area contributed by atoms with Gasteiger partial charge in [-0.1, -0.05) is 19.1 Å². The van der Waals surface area contributed by atoms with Crippen LogP contribution in [0, 0.1) is 6.92 Å². The highest BCUT2D eigenvalue weighted by molar-refractivity contribution is 5.68. The van der Waals surface area contributed by atoms with Crippen molar-refractivity contribution in [3.63, 3.8) is 0 Å². The van der Waals surface area contributed by atoms with E-state index in [-0.39, 0.29) is 0 Å². The lowest BCUT2D eigenvalue weighted by Gasteiger charge is -2.16. The maximum atomic E-state index is 5.68. The first-order valence-electron chi connectivity index (χ1n) is 7.42. The molecule has 22 heavy (non-hydrogen) atoms. The Balaban J connectivity index is 2.12. The van der Waals surface area contributed by atoms with E-state index in [1.165, 1.54) is 6.33 Å². The Morgan fingerprint density at radius 2 is 2.05 bits per heavy atom. The van der Waals surface area contributed by atoms with Crippen LogP contribution in [-0.2, 0) is 6.42 Å². The maximum Gasteiger partial charge on any atom is 0.254 e. The third-order valence-electron chi connectivity index (χ3n) is 3.53. The molecule has 0 spiro atoms. The summed E-state index contributed by atoms with van der Waals surface area (Å²) in [5.41, 5.74) is 2.98. The Labute approximate surface area is 129 Å². The van der Waals surface area contributed by atoms with Gasteiger partial charge in [0.25, 0.3) is 5.78 Å². The van der Waals surface area contributed by atoms with Gasteiger partial charge in [-0.25, -0.2) is 4.98 Å². The quantitative estimate of drug-likeness (QED) is 0.783. The summed E-state index contributed by atoms with van der Waals surface area (Å²) in [4.78, 5) is 8.67. The smallest absolute Gasteiger partial charge is 0.254 e. The molecule has 2 aromatic heterocycles. The van der Waals surface area contributed by atoms with Crippen molar-refractivity contribution >= 4 is 17.3 Å². The van der Waals surface area contributed by atoms with Crippen LogP contribution in [0.1, 0.15) is 25.1 Å². The van der Waals surface area contributed by atoms with Crippen LogP contribution in [0.5, 0.6) is 5.75 Å². The largest absolute Gasteiger partial charge is 0.492 e. The van der Waals surface area contributed by atoms with Crippen molar-refractivity contribution in [2.24, 2.45) is 0 Å². The molecule has 0 aliphatic heterocycles. The van der Waals surface area contributed by atoms with Crippen molar-refractivity contribution in [2.45, 2.75) is 27.2 Å². The van der Waals surface area contributed by atoms with Crippen molar-refractivity contribution in [3.8, 4) is 5.75 Å². The first-order chi connectivity index (χ1) is 10.7. The fourth-order valence-electron chi connectivity index (χ4n) is 2.52. The Kier molecular flexibility index (Phi) is 3.91. The van der Waals surface area contributed by atoms with Gasteiger partial charge >= 0.3 is 0 Å². The fraction of sp³-hybridized carbons (Fsp3) is 0.312. The topological polar surface area (TPSA) is 64.3 Å². The Morgan fingerprint density at radius 1 is 1.23 bits per heavy atom. The van der Waals surface area contributed by atoms with E-state index in [9.17, 15) is 0 Å². The normalized spacial score (nSPS) is 10.9. The summed E-state index contributed by atoms with van der Waals surface area (Å²) in [6, 6.07) is 7.87. The molecule has 0 aliphatic carbocycles. The minimum atomic E-state index is 0.589. The molecule has 6 heteroatoms. The molecule has 0 saturated carbocycles. The molecular weight excluding hydrogens is 278 g/mol. The van der Waals surface area contributed by atoms with E-state index in [0.29, 0.717) is 12.4 Å². The Hall–Kier alpha value is -2.63. The highest BCUT2D eigenvalue weighted by Gasteiger charge is 2.14. The lowest BCUT2D eigenvalue weighted by atomic mass is 10.1. The molecule has 0 saturated heterocycles. The van der Waals surface area contributed by atoms with E-state index >= 15 is 0 Å². The van der Waals surface area contributed by atoms with Gasteiger partial charge in [-0.15, -0.1) is 0 Å². The molecule has 0 bridgehead atoms. The second-order valence-electron chi connectivity index (χ2n) is 4.90. The number of aryl methyl sites for hydroxylation is 1. The van der Waals surface area contributed by atoms with Crippen LogP contribution in [0.25, 0.3) is 5.78 Å². The van der Waals surface area contributed by atoms with Gasteiger partial charge in [0.05, 0.1) is 12.3 Å². The van der Waals surface area contributed by atoms with E-state index in [2.05, 4.69) is 27.3 Å². The Bertz CT molecular complexity index is 796. The summed E-state index contributed by atoms with van der Waals surface area (Å²) < 4.78 is 7.41. The first kappa shape index (κ1) is 14.3. The monoisotopic (exact) mass is 297 g/mol. The van der Waals surface area contributed by atoms with Crippen LogP contribution in [0.15, 0.2) is 30.6 Å². The van der Waals surface area contributed by atoms with Gasteiger partial charge in [0.1, 0.15) is 17.9 Å². The van der Waals surface area contributed by atoms with Crippen molar-refractivity contribution in [1.82, 2.24) is 19.6 Å². The van der Waals surface area contributed by atoms with Crippen molar-refractivity contribution in [3.05, 3.63) is 41.9 Å². The van der Waals surface area contributed by atoms with E-state index < -0.39 is 0 Å². The molecule has 0 aliphatic rings. The van der Waals surface area contributed by atoms with Gasteiger partial charge in [-0.2, -0.15) is 14.6 Å². The van der Waals surface area contributed by atoms with Crippen LogP contribution in [-0.4, -0.2) is 26.2 Å². The summed E-state index contributed by atoms with van der Waals surface area (Å²) in [7, 11) is 0. The summed E-state index contributed by atoms with van der Waals surface area (Å²) >= 11 is 0. The molecule has 3 aromatic rings. The average Bonchev–Trinajstić information content (AvgIpc) is 2.97. The van der Waals surface area contributed by atoms with Gasteiger partial charge in [0, 0.05) is 11.3 Å². The zero-order valence-corrected chi connectivity index (χ0v) is 13.0. The van der Waals surface area contributed by atoms with Gasteiger partial charge in [0.2, 0.25) is 0 Å². The lowest BCUT2D eigenvalue weighted by molar-refractivity contribution is 0.342. The summed E-state index contributed by atoms with van der Waals surface area (Å²) in [6.07, 6.45) is 2.37. The SMILES string of the molecule is CCOc1ccccc1Nc1c(CC)c(C)nc2ncnn12. The number of hydrogen-bond acceptors (Lipinski definition) is 5. The number of aromatic nitrogens is 4. The van der Waals surface area contributed by atoms with E-state index in [4.69, 9.17) is 4.74 Å². The fourth-order valence-corrected chi connectivity index (χ4v) is 2.52. The second kappa shape index (κ2) is 6.01. The molecule has 6 nitrogen and oxygen atoms in total. The number of fused-ring (bicyclic) bond motifs is 1. The number of hydrogen-bond donors (Lipinski definition) is 1. The van der Waals surface area contributed by atoms with Crippen LogP contribution in [0.4, 0.5) is 11.5 Å². The van der Waals surface area contributed by atoms with Gasteiger partial charge < -0.3 is 10.1 Å². The second-order valence-corrected chi connectivity index (χ2v) is 4.90. The molecule has 0 fully saturated rings. The molecule has 1 N–H and O–H groups in total. The van der Waals surface area contributed by atoms with Crippen molar-refractivity contribution in [1.29, 1.82) is 0 Å². The molecule has 2 heterocycles. The third kappa shape index (κ3) is 2.47. The Morgan fingerprint density at radius 3 is 2.82 bits per heavy atom. The lowest BCUT2D eigenvalue weighted by Crippen LogP contribution is -2.09. The third-order valence-corrected chi connectivity index (χ3v) is 3.53. The molecule has 1 aromatic carbocycles. The minimum Gasteiger partial charge on any atom is -0.492 e. The first-order valence-corrected chi connectivity index (χ1v) is 7.42. The van der Waals surface area contributed by atoms with Crippen LogP contribution >= 0.6 is 0 Å². The molecule has 114 valence electrons. The van der Waals surface area contributed by atoms with E-state index in [1.807, 2.05) is 38.1 Å². The zero-order valence-electron chi connectivity index (χ0n) is 13.0. The van der Waals surface area contributed by atoms with E-state index in [1.54, 1.807) is 4.52 Å². The van der Waals surface area contributed by atoms with Gasteiger partial charge in [0.15, 0.2) is 0 Å². The van der Waals surface area contributed by atoms with Crippen LogP contribution < -0.4 is 10.1 Å².